The Balaban J connectivity index is 1.76. The number of rotatable bonds is 6. The lowest BCUT2D eigenvalue weighted by molar-refractivity contribution is -0.139. The molecule has 2 N–H and O–H groups in total. The van der Waals surface area contributed by atoms with E-state index < -0.39 is 11.5 Å². The van der Waals surface area contributed by atoms with Gasteiger partial charge < -0.3 is 15.0 Å². The predicted octanol–water partition coefficient (Wildman–Crippen LogP) is 3.44. The van der Waals surface area contributed by atoms with Gasteiger partial charge in [0, 0.05) is 12.7 Å². The van der Waals surface area contributed by atoms with Gasteiger partial charge in [0.05, 0.1) is 12.0 Å². The smallest absolute Gasteiger partial charge is 0.305 e. The quantitative estimate of drug-likeness (QED) is 0.846. The molecule has 0 saturated heterocycles. The Kier molecular flexibility index (Phi) is 5.22. The van der Waals surface area contributed by atoms with Crippen molar-refractivity contribution in [3.8, 4) is 0 Å². The lowest BCUT2D eigenvalue weighted by Gasteiger charge is -2.37. The van der Waals surface area contributed by atoms with E-state index in [0.29, 0.717) is 12.2 Å². The monoisotopic (exact) mass is 340 g/mol. The van der Waals surface area contributed by atoms with Gasteiger partial charge in [0.25, 0.3) is 5.91 Å². The SMILES string of the molecule is O=C(O)CC1(NC(=O)c2cccn2Cc2ccccc2)CCCCC1. The highest BCUT2D eigenvalue weighted by Crippen LogP contribution is 2.31. The second-order valence-electron chi connectivity index (χ2n) is 6.87. The number of aliphatic carboxylic acids is 1. The van der Waals surface area contributed by atoms with Gasteiger partial charge in [0.1, 0.15) is 5.69 Å². The molecule has 0 radical (unpaired) electrons. The molecule has 25 heavy (non-hydrogen) atoms. The van der Waals surface area contributed by atoms with Gasteiger partial charge in [-0.2, -0.15) is 0 Å². The van der Waals surface area contributed by atoms with Crippen LogP contribution < -0.4 is 5.32 Å². The van der Waals surface area contributed by atoms with Crippen LogP contribution >= 0.6 is 0 Å². The second-order valence-corrected chi connectivity index (χ2v) is 6.87. The average Bonchev–Trinajstić information content (AvgIpc) is 3.04. The summed E-state index contributed by atoms with van der Waals surface area (Å²) in [4.78, 5) is 24.1. The number of aromatic nitrogens is 1. The fraction of sp³-hybridized carbons (Fsp3) is 0.400. The van der Waals surface area contributed by atoms with Gasteiger partial charge >= 0.3 is 5.97 Å². The number of carboxylic acid groups (broad SMARTS) is 1. The first-order valence-corrected chi connectivity index (χ1v) is 8.81. The van der Waals surface area contributed by atoms with Crippen molar-refractivity contribution in [2.24, 2.45) is 0 Å². The van der Waals surface area contributed by atoms with Crippen molar-refractivity contribution in [2.75, 3.05) is 0 Å². The van der Waals surface area contributed by atoms with Gasteiger partial charge in [0.2, 0.25) is 0 Å². The lowest BCUT2D eigenvalue weighted by atomic mass is 9.79. The average molecular weight is 340 g/mol. The summed E-state index contributed by atoms with van der Waals surface area (Å²) in [6, 6.07) is 13.6. The maximum absolute atomic E-state index is 12.8. The van der Waals surface area contributed by atoms with E-state index >= 15 is 0 Å². The van der Waals surface area contributed by atoms with Crippen molar-refractivity contribution in [1.29, 1.82) is 0 Å². The molecule has 5 nitrogen and oxygen atoms in total. The second kappa shape index (κ2) is 7.55. The van der Waals surface area contributed by atoms with Crippen molar-refractivity contribution in [3.05, 3.63) is 59.9 Å². The summed E-state index contributed by atoms with van der Waals surface area (Å²) in [5.41, 5.74) is 1.06. The third-order valence-electron chi connectivity index (χ3n) is 4.94. The van der Waals surface area contributed by atoms with Crippen molar-refractivity contribution < 1.29 is 14.7 Å². The molecule has 1 aromatic carbocycles. The zero-order valence-corrected chi connectivity index (χ0v) is 14.3. The number of nitrogens with one attached hydrogen (secondary N) is 1. The highest BCUT2D eigenvalue weighted by molar-refractivity contribution is 5.93. The van der Waals surface area contributed by atoms with Crippen LogP contribution in [0.1, 0.15) is 54.6 Å². The van der Waals surface area contributed by atoms with Crippen LogP contribution in [-0.4, -0.2) is 27.1 Å². The van der Waals surface area contributed by atoms with Gasteiger partial charge in [-0.1, -0.05) is 49.6 Å². The normalized spacial score (nSPS) is 16.3. The molecule has 1 aliphatic carbocycles. The summed E-state index contributed by atoms with van der Waals surface area (Å²) in [6.07, 6.45) is 6.33. The zero-order chi connectivity index (χ0) is 17.7. The Bertz CT molecular complexity index is 730. The highest BCUT2D eigenvalue weighted by Gasteiger charge is 2.36. The van der Waals surface area contributed by atoms with Gasteiger partial charge in [-0.25, -0.2) is 0 Å². The maximum Gasteiger partial charge on any atom is 0.305 e. The largest absolute Gasteiger partial charge is 0.481 e. The fourth-order valence-electron chi connectivity index (χ4n) is 3.71. The van der Waals surface area contributed by atoms with E-state index in [2.05, 4.69) is 5.32 Å². The molecule has 1 aromatic heterocycles. The van der Waals surface area contributed by atoms with Crippen LogP contribution in [0, 0.1) is 0 Å². The number of carbonyl (C=O) groups excluding carboxylic acids is 1. The van der Waals surface area contributed by atoms with Crippen LogP contribution in [0.15, 0.2) is 48.7 Å². The summed E-state index contributed by atoms with van der Waals surface area (Å²) in [5.74, 6) is -1.05. The summed E-state index contributed by atoms with van der Waals surface area (Å²) < 4.78 is 1.90. The Hall–Kier alpha value is -2.56. The van der Waals surface area contributed by atoms with Crippen LogP contribution in [0.25, 0.3) is 0 Å². The summed E-state index contributed by atoms with van der Waals surface area (Å²) in [7, 11) is 0. The van der Waals surface area contributed by atoms with Crippen molar-refractivity contribution in [2.45, 2.75) is 50.6 Å². The van der Waals surface area contributed by atoms with Crippen LogP contribution in [0.3, 0.4) is 0 Å². The van der Waals surface area contributed by atoms with Crippen LogP contribution in [0.2, 0.25) is 0 Å². The number of amides is 1. The fourth-order valence-corrected chi connectivity index (χ4v) is 3.71. The van der Waals surface area contributed by atoms with Gasteiger partial charge in [-0.15, -0.1) is 0 Å². The van der Waals surface area contributed by atoms with Crippen LogP contribution in [-0.2, 0) is 11.3 Å². The molecular weight excluding hydrogens is 316 g/mol. The molecule has 0 spiro atoms. The molecule has 0 atom stereocenters. The first-order chi connectivity index (χ1) is 12.1. The molecule has 2 aromatic rings. The Labute approximate surface area is 147 Å². The lowest BCUT2D eigenvalue weighted by Crippen LogP contribution is -2.51. The standard InChI is InChI=1S/C20H24N2O3/c23-18(24)14-20(11-5-2-6-12-20)21-19(25)17-10-7-13-22(17)15-16-8-3-1-4-9-16/h1,3-4,7-10,13H,2,5-6,11-12,14-15H2,(H,21,25)(H,23,24). The number of carboxylic acids is 1. The van der Waals surface area contributed by atoms with Crippen molar-refractivity contribution >= 4 is 11.9 Å². The zero-order valence-electron chi connectivity index (χ0n) is 14.3. The topological polar surface area (TPSA) is 71.3 Å². The Morgan fingerprint density at radius 2 is 1.76 bits per heavy atom. The molecule has 1 aliphatic rings. The van der Waals surface area contributed by atoms with Gasteiger partial charge in [0.15, 0.2) is 0 Å². The number of nitrogens with zero attached hydrogens (tertiary/aromatic N) is 1. The van der Waals surface area contributed by atoms with E-state index in [-0.39, 0.29) is 12.3 Å². The molecular formula is C20H24N2O3. The predicted molar refractivity (Wildman–Crippen MR) is 95.5 cm³/mol. The maximum atomic E-state index is 12.8. The van der Waals surface area contributed by atoms with Crippen LogP contribution in [0.4, 0.5) is 0 Å². The molecule has 1 amide bonds. The minimum atomic E-state index is -0.859. The summed E-state index contributed by atoms with van der Waals surface area (Å²) >= 11 is 0. The minimum Gasteiger partial charge on any atom is -0.481 e. The van der Waals surface area contributed by atoms with Crippen LogP contribution in [0.5, 0.6) is 0 Å². The van der Waals surface area contributed by atoms with E-state index in [1.54, 1.807) is 6.07 Å². The van der Waals surface area contributed by atoms with E-state index in [9.17, 15) is 14.7 Å². The minimum absolute atomic E-state index is 0.0157. The molecule has 1 fully saturated rings. The van der Waals surface area contributed by atoms with E-state index in [0.717, 1.165) is 37.7 Å². The summed E-state index contributed by atoms with van der Waals surface area (Å²) in [6.45, 7) is 0.614. The van der Waals surface area contributed by atoms with Gasteiger partial charge in [-0.3, -0.25) is 9.59 Å². The molecule has 132 valence electrons. The highest BCUT2D eigenvalue weighted by atomic mass is 16.4. The number of benzene rings is 1. The van der Waals surface area contributed by atoms with E-state index in [4.69, 9.17) is 0 Å². The van der Waals surface area contributed by atoms with E-state index in [1.165, 1.54) is 0 Å². The molecule has 1 saturated carbocycles. The van der Waals surface area contributed by atoms with Gasteiger partial charge in [-0.05, 0) is 30.5 Å². The summed E-state index contributed by atoms with van der Waals surface area (Å²) in [5, 5.41) is 12.3. The first-order valence-electron chi connectivity index (χ1n) is 8.81. The third-order valence-corrected chi connectivity index (χ3v) is 4.94. The number of carbonyl (C=O) groups is 2. The number of hydrogen-bond donors (Lipinski definition) is 2. The molecule has 1 heterocycles. The molecule has 0 bridgehead atoms. The molecule has 0 aliphatic heterocycles. The number of hydrogen-bond acceptors (Lipinski definition) is 2. The van der Waals surface area contributed by atoms with E-state index in [1.807, 2.05) is 47.2 Å². The Morgan fingerprint density at radius 1 is 1.04 bits per heavy atom. The first kappa shape index (κ1) is 17.3. The third kappa shape index (κ3) is 4.29. The van der Waals surface area contributed by atoms with Crippen molar-refractivity contribution in [1.82, 2.24) is 9.88 Å². The molecule has 5 heteroatoms. The Morgan fingerprint density at radius 3 is 2.44 bits per heavy atom. The molecule has 3 rings (SSSR count). The molecule has 0 unspecified atom stereocenters. The van der Waals surface area contributed by atoms with Crippen molar-refractivity contribution in [3.63, 3.8) is 0 Å².